The molecule has 0 saturated carbocycles. The zero-order valence-corrected chi connectivity index (χ0v) is 9.51. The first-order valence-corrected chi connectivity index (χ1v) is 5.56. The number of H-pyrrole nitrogens is 1. The summed E-state index contributed by atoms with van der Waals surface area (Å²) in [6.45, 7) is 0.967. The third kappa shape index (κ3) is 1.64. The van der Waals surface area contributed by atoms with Crippen LogP contribution >= 0.6 is 0 Å². The molecule has 0 unspecified atom stereocenters. The average Bonchev–Trinajstić information content (AvgIpc) is 2.94. The molecular weight excluding hydrogens is 218 g/mol. The smallest absolute Gasteiger partial charge is 0.189 e. The van der Waals surface area contributed by atoms with Crippen LogP contribution in [0.15, 0.2) is 12.7 Å². The normalized spacial score (nSPS) is 11.6. The quantitative estimate of drug-likeness (QED) is 0.624. The van der Waals surface area contributed by atoms with Crippen LogP contribution in [-0.4, -0.2) is 43.1 Å². The molecule has 17 heavy (non-hydrogen) atoms. The van der Waals surface area contributed by atoms with Gasteiger partial charge in [0.25, 0.3) is 0 Å². The van der Waals surface area contributed by atoms with Crippen molar-refractivity contribution in [1.29, 1.82) is 0 Å². The van der Waals surface area contributed by atoms with Crippen molar-refractivity contribution in [3.63, 3.8) is 0 Å². The number of aryl methyl sites for hydroxylation is 1. The Kier molecular flexibility index (Phi) is 2.45. The van der Waals surface area contributed by atoms with Crippen molar-refractivity contribution in [3.8, 4) is 0 Å². The molecule has 0 fully saturated rings. The summed E-state index contributed by atoms with van der Waals surface area (Å²) in [5.74, 6) is 0.930. The van der Waals surface area contributed by atoms with E-state index in [0.717, 1.165) is 36.4 Å². The summed E-state index contributed by atoms with van der Waals surface area (Å²) in [7, 11) is 1.94. The van der Waals surface area contributed by atoms with Crippen molar-refractivity contribution < 1.29 is 0 Å². The maximum Gasteiger partial charge on any atom is 0.189 e. The van der Waals surface area contributed by atoms with Gasteiger partial charge in [-0.2, -0.15) is 0 Å². The van der Waals surface area contributed by atoms with Crippen molar-refractivity contribution in [2.75, 3.05) is 13.6 Å². The molecule has 0 aliphatic carbocycles. The largest absolute Gasteiger partial charge is 0.340 e. The summed E-state index contributed by atoms with van der Waals surface area (Å²) in [4.78, 5) is 11.4. The zero-order valence-electron chi connectivity index (χ0n) is 9.51. The molecule has 0 atom stereocenters. The Labute approximate surface area is 97.3 Å². The minimum atomic E-state index is 0.673. The third-order valence-corrected chi connectivity index (χ3v) is 2.73. The van der Waals surface area contributed by atoms with Crippen molar-refractivity contribution in [3.05, 3.63) is 18.5 Å². The molecule has 0 aliphatic heterocycles. The number of hydrogen-bond acceptors (Lipinski definition) is 5. The number of rotatable bonds is 4. The number of hydrogen-bond donors (Lipinski definition) is 2. The second kappa shape index (κ2) is 4.10. The van der Waals surface area contributed by atoms with E-state index in [0.29, 0.717) is 5.65 Å². The van der Waals surface area contributed by atoms with Gasteiger partial charge in [0, 0.05) is 6.42 Å². The van der Waals surface area contributed by atoms with Crippen LogP contribution in [0.3, 0.4) is 0 Å². The number of aromatic amines is 1. The minimum absolute atomic E-state index is 0.673. The Balaban J connectivity index is 2.03. The number of nitrogens with one attached hydrogen (secondary N) is 2. The predicted molar refractivity (Wildman–Crippen MR) is 62.7 cm³/mol. The highest BCUT2D eigenvalue weighted by atomic mass is 15.3. The van der Waals surface area contributed by atoms with E-state index in [4.69, 9.17) is 0 Å². The first-order chi connectivity index (χ1) is 8.40. The molecule has 0 amide bonds. The van der Waals surface area contributed by atoms with E-state index < -0.39 is 0 Å². The fourth-order valence-electron chi connectivity index (χ4n) is 1.87. The van der Waals surface area contributed by atoms with Crippen LogP contribution in [0.2, 0.25) is 0 Å². The standard InChI is InChI=1S/C10H13N7/c1-11-4-2-3-7-15-16-10-8-9(13-5-12-8)14-6-17(7)10/h5-6,11H,2-4H2,1H3,(H,12,13). The number of fused-ring (bicyclic) bond motifs is 3. The topological polar surface area (TPSA) is 83.8 Å². The molecule has 0 bridgehead atoms. The summed E-state index contributed by atoms with van der Waals surface area (Å²) in [6, 6.07) is 0. The maximum atomic E-state index is 4.26. The molecular formula is C10H13N7. The fraction of sp³-hybridized carbons (Fsp3) is 0.400. The zero-order chi connectivity index (χ0) is 11.7. The van der Waals surface area contributed by atoms with Gasteiger partial charge >= 0.3 is 0 Å². The molecule has 88 valence electrons. The lowest BCUT2D eigenvalue weighted by molar-refractivity contribution is 0.696. The SMILES string of the molecule is CNCCCc1nnc2c3[nH]cnc3ncn12. The summed E-state index contributed by atoms with van der Waals surface area (Å²) in [5.41, 5.74) is 2.29. The maximum absolute atomic E-state index is 4.26. The van der Waals surface area contributed by atoms with Gasteiger partial charge in [-0.1, -0.05) is 0 Å². The molecule has 3 rings (SSSR count). The molecule has 7 heteroatoms. The molecule has 7 nitrogen and oxygen atoms in total. The van der Waals surface area contributed by atoms with Gasteiger partial charge in [-0.25, -0.2) is 9.97 Å². The van der Waals surface area contributed by atoms with Gasteiger partial charge in [-0.15, -0.1) is 10.2 Å². The molecule has 0 spiro atoms. The van der Waals surface area contributed by atoms with Gasteiger partial charge in [0.05, 0.1) is 6.33 Å². The molecule has 3 heterocycles. The summed E-state index contributed by atoms with van der Waals surface area (Å²) in [6.07, 6.45) is 5.25. The number of imidazole rings is 1. The molecule has 0 aliphatic rings. The average molecular weight is 231 g/mol. The molecule has 0 saturated heterocycles. The second-order valence-electron chi connectivity index (χ2n) is 3.86. The number of aromatic nitrogens is 6. The van der Waals surface area contributed by atoms with E-state index in [9.17, 15) is 0 Å². The lowest BCUT2D eigenvalue weighted by atomic mass is 10.3. The lowest BCUT2D eigenvalue weighted by Crippen LogP contribution is -2.09. The Hall–Kier alpha value is -2.02. The van der Waals surface area contributed by atoms with E-state index in [1.54, 1.807) is 12.7 Å². The Morgan fingerprint density at radius 3 is 3.18 bits per heavy atom. The van der Waals surface area contributed by atoms with Gasteiger partial charge in [0.15, 0.2) is 11.3 Å². The van der Waals surface area contributed by atoms with Crippen LogP contribution in [0.25, 0.3) is 16.8 Å². The summed E-state index contributed by atoms with van der Waals surface area (Å²) < 4.78 is 1.91. The molecule has 3 aromatic heterocycles. The van der Waals surface area contributed by atoms with Crippen molar-refractivity contribution in [2.24, 2.45) is 0 Å². The molecule has 0 aromatic carbocycles. The van der Waals surface area contributed by atoms with Crippen molar-refractivity contribution >= 4 is 16.8 Å². The minimum Gasteiger partial charge on any atom is -0.340 e. The molecule has 2 N–H and O–H groups in total. The Morgan fingerprint density at radius 1 is 1.35 bits per heavy atom. The van der Waals surface area contributed by atoms with E-state index in [1.807, 2.05) is 11.4 Å². The van der Waals surface area contributed by atoms with Crippen LogP contribution in [-0.2, 0) is 6.42 Å². The van der Waals surface area contributed by atoms with Gasteiger partial charge in [-0.05, 0) is 20.0 Å². The van der Waals surface area contributed by atoms with E-state index in [1.165, 1.54) is 0 Å². The fourth-order valence-corrected chi connectivity index (χ4v) is 1.87. The van der Waals surface area contributed by atoms with E-state index in [2.05, 4.69) is 30.5 Å². The van der Waals surface area contributed by atoms with E-state index >= 15 is 0 Å². The van der Waals surface area contributed by atoms with Gasteiger partial charge in [0.1, 0.15) is 17.7 Å². The highest BCUT2D eigenvalue weighted by Gasteiger charge is 2.10. The first kappa shape index (κ1) is 10.2. The predicted octanol–water partition coefficient (Wildman–Crippen LogP) is 0.153. The monoisotopic (exact) mass is 231 g/mol. The van der Waals surface area contributed by atoms with Gasteiger partial charge in [0.2, 0.25) is 0 Å². The third-order valence-electron chi connectivity index (χ3n) is 2.73. The first-order valence-electron chi connectivity index (χ1n) is 5.56. The van der Waals surface area contributed by atoms with Gasteiger partial charge in [-0.3, -0.25) is 4.40 Å². The van der Waals surface area contributed by atoms with Crippen LogP contribution in [0.4, 0.5) is 0 Å². The molecule has 0 radical (unpaired) electrons. The Bertz CT molecular complexity index is 638. The highest BCUT2D eigenvalue weighted by molar-refractivity contribution is 5.84. The Morgan fingerprint density at radius 2 is 2.29 bits per heavy atom. The van der Waals surface area contributed by atoms with Crippen LogP contribution in [0, 0.1) is 0 Å². The highest BCUT2D eigenvalue weighted by Crippen LogP contribution is 2.13. The van der Waals surface area contributed by atoms with Gasteiger partial charge < -0.3 is 10.3 Å². The van der Waals surface area contributed by atoms with Crippen LogP contribution < -0.4 is 5.32 Å². The van der Waals surface area contributed by atoms with Crippen molar-refractivity contribution in [1.82, 2.24) is 34.9 Å². The molecule has 3 aromatic rings. The summed E-state index contributed by atoms with van der Waals surface area (Å²) in [5, 5.41) is 11.5. The van der Waals surface area contributed by atoms with Crippen LogP contribution in [0.5, 0.6) is 0 Å². The number of nitrogens with zero attached hydrogens (tertiary/aromatic N) is 5. The lowest BCUT2D eigenvalue weighted by Gasteiger charge is -1.99. The second-order valence-corrected chi connectivity index (χ2v) is 3.86. The summed E-state index contributed by atoms with van der Waals surface area (Å²) >= 11 is 0. The van der Waals surface area contributed by atoms with Crippen molar-refractivity contribution in [2.45, 2.75) is 12.8 Å². The van der Waals surface area contributed by atoms with Crippen LogP contribution in [0.1, 0.15) is 12.2 Å². The van der Waals surface area contributed by atoms with E-state index in [-0.39, 0.29) is 0 Å².